The van der Waals surface area contributed by atoms with Crippen LogP contribution in [0, 0.1) is 5.82 Å². The molecule has 0 spiro atoms. The molecule has 1 fully saturated rings. The monoisotopic (exact) mass is 524 g/mol. The minimum Gasteiger partial charge on any atom is -0.369 e. The van der Waals surface area contributed by atoms with E-state index in [1.54, 1.807) is 5.38 Å². The third-order valence-electron chi connectivity index (χ3n) is 5.39. The highest BCUT2D eigenvalue weighted by molar-refractivity contribution is 9.10. The Balaban J connectivity index is 1.49. The van der Waals surface area contributed by atoms with Crippen molar-refractivity contribution in [3.8, 4) is 0 Å². The molecule has 1 N–H and O–H groups in total. The topological polar surface area (TPSA) is 65.5 Å². The molecule has 1 aliphatic rings. The molecule has 0 saturated carbocycles. The summed E-state index contributed by atoms with van der Waals surface area (Å²) in [6.45, 7) is 2.68. The molecular formula is C21H22BrFN4O2S2. The fourth-order valence-electron chi connectivity index (χ4n) is 3.76. The predicted molar refractivity (Wildman–Crippen MR) is 126 cm³/mol. The van der Waals surface area contributed by atoms with Crippen LogP contribution in [-0.4, -0.2) is 44.5 Å². The Kier molecular flexibility index (Phi) is 6.61. The number of benzene rings is 2. The predicted octanol–water partition coefficient (Wildman–Crippen LogP) is 4.56. The molecule has 10 heteroatoms. The van der Waals surface area contributed by atoms with Gasteiger partial charge in [-0.1, -0.05) is 30.3 Å². The summed E-state index contributed by atoms with van der Waals surface area (Å²) in [5.74, 6) is -0.627. The van der Waals surface area contributed by atoms with Crippen LogP contribution in [0.25, 0.3) is 0 Å². The lowest BCUT2D eigenvalue weighted by molar-refractivity contribution is 0.326. The van der Waals surface area contributed by atoms with Crippen LogP contribution < -0.4 is 9.62 Å². The lowest BCUT2D eigenvalue weighted by Crippen LogP contribution is -2.34. The molecule has 0 unspecified atom stereocenters. The fourth-order valence-corrected chi connectivity index (χ4v) is 6.18. The number of likely N-dealkylation sites (tertiary alicyclic amines) is 1. The van der Waals surface area contributed by atoms with Gasteiger partial charge in [-0.25, -0.2) is 17.8 Å². The average Bonchev–Trinajstić information content (AvgIpc) is 3.41. The standard InChI is InChI=1S/C21H22BrFN4O2S2/c1-26(16-7-8-27(12-16)11-15-5-3-2-4-6-15)19-10-18(23)20(9-17(19)22)31(28,29)25-21-13-30-14-24-21/h2-6,9-10,13-14,16,25H,7-8,11-12H2,1H3/t16-/m0/s1. The van der Waals surface area contributed by atoms with Crippen LogP contribution >= 0.6 is 27.3 Å². The largest absolute Gasteiger partial charge is 0.369 e. The number of sulfonamides is 1. The highest BCUT2D eigenvalue weighted by atomic mass is 79.9. The number of nitrogens with one attached hydrogen (secondary N) is 1. The van der Waals surface area contributed by atoms with Crippen molar-refractivity contribution in [2.45, 2.75) is 23.9 Å². The molecule has 1 aromatic heterocycles. The second kappa shape index (κ2) is 9.23. The first kappa shape index (κ1) is 22.2. The second-order valence-electron chi connectivity index (χ2n) is 7.49. The molecule has 6 nitrogen and oxygen atoms in total. The van der Waals surface area contributed by atoms with Gasteiger partial charge in [0, 0.05) is 42.6 Å². The van der Waals surface area contributed by atoms with Gasteiger partial charge in [0.25, 0.3) is 10.0 Å². The minimum absolute atomic E-state index is 0.172. The van der Waals surface area contributed by atoms with Gasteiger partial charge in [0.2, 0.25) is 0 Å². The van der Waals surface area contributed by atoms with Crippen LogP contribution in [0.2, 0.25) is 0 Å². The van der Waals surface area contributed by atoms with E-state index >= 15 is 0 Å². The minimum atomic E-state index is -4.08. The average molecular weight is 525 g/mol. The van der Waals surface area contributed by atoms with Gasteiger partial charge in [0.15, 0.2) is 5.82 Å². The summed E-state index contributed by atoms with van der Waals surface area (Å²) in [5, 5.41) is 1.55. The van der Waals surface area contributed by atoms with Crippen molar-refractivity contribution >= 4 is 48.8 Å². The number of halogens is 2. The summed E-state index contributed by atoms with van der Waals surface area (Å²) in [5.41, 5.74) is 3.39. The maximum absolute atomic E-state index is 14.9. The molecule has 1 saturated heterocycles. The third-order valence-corrected chi connectivity index (χ3v) is 7.98. The van der Waals surface area contributed by atoms with Crippen molar-refractivity contribution in [1.82, 2.24) is 9.88 Å². The summed E-state index contributed by atoms with van der Waals surface area (Å²) in [7, 11) is -2.16. The molecule has 0 amide bonds. The Morgan fingerprint density at radius 1 is 1.32 bits per heavy atom. The van der Waals surface area contributed by atoms with E-state index in [9.17, 15) is 12.8 Å². The molecule has 2 heterocycles. The normalized spacial score (nSPS) is 17.1. The molecule has 3 aromatic rings. The first-order valence-electron chi connectivity index (χ1n) is 9.72. The Morgan fingerprint density at radius 3 is 2.81 bits per heavy atom. The van der Waals surface area contributed by atoms with E-state index < -0.39 is 20.7 Å². The lowest BCUT2D eigenvalue weighted by atomic mass is 10.2. The fraction of sp³-hybridized carbons (Fsp3) is 0.286. The Bertz CT molecular complexity index is 1140. The SMILES string of the molecule is CN(c1cc(F)c(S(=O)(=O)Nc2cscn2)cc1Br)[C@H]1CCN(Cc2ccccc2)C1. The van der Waals surface area contributed by atoms with Crippen molar-refractivity contribution < 1.29 is 12.8 Å². The molecule has 0 aliphatic carbocycles. The van der Waals surface area contributed by atoms with Crippen LogP contribution in [0.3, 0.4) is 0 Å². The molecule has 0 bridgehead atoms. The number of nitrogens with zero attached hydrogens (tertiary/aromatic N) is 3. The van der Waals surface area contributed by atoms with Gasteiger partial charge in [-0.15, -0.1) is 11.3 Å². The number of rotatable bonds is 7. The summed E-state index contributed by atoms with van der Waals surface area (Å²) >= 11 is 4.69. The van der Waals surface area contributed by atoms with Gasteiger partial charge in [-0.05, 0) is 40.0 Å². The maximum Gasteiger partial charge on any atom is 0.266 e. The Hall–Kier alpha value is -2.01. The van der Waals surface area contributed by atoms with Crippen LogP contribution in [0.15, 0.2) is 62.7 Å². The number of aromatic nitrogens is 1. The summed E-state index contributed by atoms with van der Waals surface area (Å²) < 4.78 is 42.9. The summed E-state index contributed by atoms with van der Waals surface area (Å²) in [6, 6.07) is 13.1. The van der Waals surface area contributed by atoms with Crippen molar-refractivity contribution in [2.75, 3.05) is 29.8 Å². The highest BCUT2D eigenvalue weighted by Crippen LogP contribution is 2.34. The third kappa shape index (κ3) is 5.08. The van der Waals surface area contributed by atoms with E-state index in [4.69, 9.17) is 0 Å². The van der Waals surface area contributed by atoms with Crippen molar-refractivity contribution in [1.29, 1.82) is 0 Å². The number of thiazole rings is 1. The van der Waals surface area contributed by atoms with Crippen LogP contribution in [-0.2, 0) is 16.6 Å². The van der Waals surface area contributed by atoms with Crippen LogP contribution in [0.4, 0.5) is 15.9 Å². The van der Waals surface area contributed by atoms with Crippen LogP contribution in [0.5, 0.6) is 0 Å². The number of anilines is 2. The number of hydrogen-bond acceptors (Lipinski definition) is 6. The summed E-state index contributed by atoms with van der Waals surface area (Å²) in [6.07, 6.45) is 0.947. The van der Waals surface area contributed by atoms with Gasteiger partial charge in [0.1, 0.15) is 10.7 Å². The lowest BCUT2D eigenvalue weighted by Gasteiger charge is -2.28. The van der Waals surface area contributed by atoms with Crippen molar-refractivity contribution in [3.63, 3.8) is 0 Å². The Morgan fingerprint density at radius 2 is 2.10 bits per heavy atom. The maximum atomic E-state index is 14.9. The molecular weight excluding hydrogens is 503 g/mol. The zero-order chi connectivity index (χ0) is 22.0. The highest BCUT2D eigenvalue weighted by Gasteiger charge is 2.29. The first-order valence-corrected chi connectivity index (χ1v) is 12.9. The van der Waals surface area contributed by atoms with Gasteiger partial charge in [-0.2, -0.15) is 0 Å². The zero-order valence-corrected chi connectivity index (χ0v) is 20.1. The van der Waals surface area contributed by atoms with Gasteiger partial charge in [-0.3, -0.25) is 9.62 Å². The number of likely N-dealkylation sites (N-methyl/N-ethyl adjacent to an activating group) is 1. The molecule has 4 rings (SSSR count). The molecule has 0 radical (unpaired) electrons. The Labute approximate surface area is 193 Å². The molecule has 164 valence electrons. The molecule has 31 heavy (non-hydrogen) atoms. The van der Waals surface area contributed by atoms with E-state index in [-0.39, 0.29) is 11.9 Å². The van der Waals surface area contributed by atoms with Crippen molar-refractivity contribution in [3.05, 3.63) is 69.2 Å². The van der Waals surface area contributed by atoms with Gasteiger partial charge >= 0.3 is 0 Å². The molecule has 1 aliphatic heterocycles. The van der Waals surface area contributed by atoms with Crippen molar-refractivity contribution in [2.24, 2.45) is 0 Å². The van der Waals surface area contributed by atoms with E-state index in [0.717, 1.165) is 26.1 Å². The van der Waals surface area contributed by atoms with Gasteiger partial charge in [0.05, 0.1) is 11.2 Å². The van der Waals surface area contributed by atoms with E-state index in [0.29, 0.717) is 10.2 Å². The molecule has 1 atom stereocenters. The molecule has 2 aromatic carbocycles. The zero-order valence-electron chi connectivity index (χ0n) is 16.8. The quantitative estimate of drug-likeness (QED) is 0.490. The second-order valence-corrected chi connectivity index (χ2v) is 10.7. The smallest absolute Gasteiger partial charge is 0.266 e. The van der Waals surface area contributed by atoms with Crippen LogP contribution in [0.1, 0.15) is 12.0 Å². The van der Waals surface area contributed by atoms with E-state index in [2.05, 4.69) is 42.7 Å². The van der Waals surface area contributed by atoms with E-state index in [1.807, 2.05) is 30.1 Å². The first-order chi connectivity index (χ1) is 14.8. The van der Waals surface area contributed by atoms with E-state index in [1.165, 1.54) is 34.5 Å². The number of hydrogen-bond donors (Lipinski definition) is 1. The summed E-state index contributed by atoms with van der Waals surface area (Å²) in [4.78, 5) is 7.87. The van der Waals surface area contributed by atoms with Gasteiger partial charge < -0.3 is 4.90 Å².